The molecule has 1 aliphatic heterocycles. The maximum absolute atomic E-state index is 13.8. The Bertz CT molecular complexity index is 1110. The van der Waals surface area contributed by atoms with E-state index >= 15 is 0 Å². The van der Waals surface area contributed by atoms with Crippen LogP contribution in [0.1, 0.15) is 21.5 Å². The summed E-state index contributed by atoms with van der Waals surface area (Å²) in [6, 6.07) is 9.58. The first kappa shape index (κ1) is 22.5. The highest BCUT2D eigenvalue weighted by molar-refractivity contribution is 7.22. The molecular formula is C24H29N3O4S. The molecule has 0 spiro atoms. The smallest absolute Gasteiger partial charge is 0.264 e. The maximum Gasteiger partial charge on any atom is 0.264 e. The summed E-state index contributed by atoms with van der Waals surface area (Å²) in [6.07, 6.45) is 0. The fourth-order valence-electron chi connectivity index (χ4n) is 4.03. The number of benzene rings is 2. The standard InChI is InChI=1S/C24H29N3O4S/c1-16-14-17(2)22-19(15-16)25-24(32-22)27(9-8-26-10-12-31-13-11-26)23(28)18-6-5-7-20(29-3)21(18)30-4/h5-7,14-15H,8-13H2,1-4H3. The molecule has 1 saturated heterocycles. The number of thiazole rings is 1. The SMILES string of the molecule is COc1cccc(C(=O)N(CCN2CCOCC2)c2nc3cc(C)cc(C)c3s2)c1OC. The molecule has 0 unspecified atom stereocenters. The highest BCUT2D eigenvalue weighted by atomic mass is 32.1. The molecule has 0 aliphatic carbocycles. The van der Waals surface area contributed by atoms with Gasteiger partial charge in [0.15, 0.2) is 16.6 Å². The summed E-state index contributed by atoms with van der Waals surface area (Å²) < 4.78 is 17.5. The summed E-state index contributed by atoms with van der Waals surface area (Å²) in [5.74, 6) is 0.814. The molecule has 170 valence electrons. The Hall–Kier alpha value is -2.68. The van der Waals surface area contributed by atoms with E-state index in [9.17, 15) is 4.79 Å². The topological polar surface area (TPSA) is 64.1 Å². The van der Waals surface area contributed by atoms with E-state index < -0.39 is 0 Å². The molecule has 0 saturated carbocycles. The number of amides is 1. The van der Waals surface area contributed by atoms with E-state index in [2.05, 4.69) is 30.9 Å². The Labute approximate surface area is 192 Å². The Morgan fingerprint density at radius 3 is 2.69 bits per heavy atom. The number of hydrogen-bond acceptors (Lipinski definition) is 7. The molecule has 0 atom stereocenters. The van der Waals surface area contributed by atoms with Crippen LogP contribution in [0.15, 0.2) is 30.3 Å². The van der Waals surface area contributed by atoms with E-state index in [-0.39, 0.29) is 5.91 Å². The second-order valence-corrected chi connectivity index (χ2v) is 8.86. The van der Waals surface area contributed by atoms with Gasteiger partial charge < -0.3 is 14.2 Å². The van der Waals surface area contributed by atoms with E-state index in [4.69, 9.17) is 19.2 Å². The normalized spacial score (nSPS) is 14.5. The summed E-state index contributed by atoms with van der Waals surface area (Å²) in [6.45, 7) is 8.59. The van der Waals surface area contributed by atoms with E-state index in [1.165, 1.54) is 5.56 Å². The van der Waals surface area contributed by atoms with Crippen molar-refractivity contribution in [2.75, 3.05) is 58.5 Å². The molecule has 2 heterocycles. The van der Waals surface area contributed by atoms with Crippen LogP contribution in [-0.2, 0) is 4.74 Å². The number of aryl methyl sites for hydroxylation is 2. The van der Waals surface area contributed by atoms with Crippen molar-refractivity contribution in [3.63, 3.8) is 0 Å². The first-order valence-corrected chi connectivity index (χ1v) is 11.5. The van der Waals surface area contributed by atoms with Crippen LogP contribution < -0.4 is 14.4 Å². The Balaban J connectivity index is 1.72. The van der Waals surface area contributed by atoms with Gasteiger partial charge in [0.1, 0.15) is 0 Å². The van der Waals surface area contributed by atoms with Crippen LogP contribution in [-0.4, -0.2) is 69.4 Å². The third-order valence-corrected chi connectivity index (χ3v) is 6.89. The van der Waals surface area contributed by atoms with Crippen molar-refractivity contribution in [3.8, 4) is 11.5 Å². The summed E-state index contributed by atoms with van der Waals surface area (Å²) >= 11 is 1.55. The van der Waals surface area contributed by atoms with E-state index in [0.29, 0.717) is 28.7 Å². The molecule has 2 aromatic carbocycles. The number of carbonyl (C=O) groups is 1. The molecular weight excluding hydrogens is 426 g/mol. The van der Waals surface area contributed by atoms with E-state index in [1.54, 1.807) is 48.7 Å². The number of anilines is 1. The number of ether oxygens (including phenoxy) is 3. The van der Waals surface area contributed by atoms with Crippen molar-refractivity contribution in [2.45, 2.75) is 13.8 Å². The number of nitrogens with zero attached hydrogens (tertiary/aromatic N) is 3. The zero-order valence-corrected chi connectivity index (χ0v) is 19.8. The average Bonchev–Trinajstić information content (AvgIpc) is 3.23. The third-order valence-electron chi connectivity index (χ3n) is 5.66. The second kappa shape index (κ2) is 9.85. The lowest BCUT2D eigenvalue weighted by atomic mass is 10.1. The van der Waals surface area contributed by atoms with Gasteiger partial charge in [-0.15, -0.1) is 0 Å². The fraction of sp³-hybridized carbons (Fsp3) is 0.417. The van der Waals surface area contributed by atoms with Crippen LogP contribution >= 0.6 is 11.3 Å². The molecule has 8 heteroatoms. The molecule has 1 fully saturated rings. The summed E-state index contributed by atoms with van der Waals surface area (Å²) in [5.41, 5.74) is 3.71. The molecule has 1 aromatic heterocycles. The van der Waals surface area contributed by atoms with Crippen LogP contribution in [0, 0.1) is 13.8 Å². The minimum Gasteiger partial charge on any atom is -0.493 e. The predicted octanol–water partition coefficient (Wildman–Crippen LogP) is 3.91. The molecule has 0 radical (unpaired) electrons. The lowest BCUT2D eigenvalue weighted by molar-refractivity contribution is 0.0391. The molecule has 3 aromatic rings. The van der Waals surface area contributed by atoms with Gasteiger partial charge in [-0.25, -0.2) is 4.98 Å². The summed E-state index contributed by atoms with van der Waals surface area (Å²) in [5, 5.41) is 0.692. The molecule has 1 amide bonds. The van der Waals surface area contributed by atoms with Crippen molar-refractivity contribution in [1.82, 2.24) is 9.88 Å². The van der Waals surface area contributed by atoms with Crippen LogP contribution in [0.25, 0.3) is 10.2 Å². The molecule has 0 N–H and O–H groups in total. The van der Waals surface area contributed by atoms with Crippen molar-refractivity contribution < 1.29 is 19.0 Å². The predicted molar refractivity (Wildman–Crippen MR) is 128 cm³/mol. The fourth-order valence-corrected chi connectivity index (χ4v) is 5.07. The maximum atomic E-state index is 13.8. The molecule has 32 heavy (non-hydrogen) atoms. The van der Waals surface area contributed by atoms with Gasteiger partial charge in [0.25, 0.3) is 5.91 Å². The monoisotopic (exact) mass is 455 g/mol. The van der Waals surface area contributed by atoms with Crippen LogP contribution in [0.5, 0.6) is 11.5 Å². The van der Waals surface area contributed by atoms with Gasteiger partial charge in [-0.1, -0.05) is 23.5 Å². The number of morpholine rings is 1. The Morgan fingerprint density at radius 1 is 1.19 bits per heavy atom. The minimum absolute atomic E-state index is 0.151. The molecule has 1 aliphatic rings. The highest BCUT2D eigenvalue weighted by Crippen LogP contribution is 2.36. The van der Waals surface area contributed by atoms with Gasteiger partial charge in [-0.3, -0.25) is 14.6 Å². The largest absolute Gasteiger partial charge is 0.493 e. The second-order valence-electron chi connectivity index (χ2n) is 7.88. The molecule has 7 nitrogen and oxygen atoms in total. The van der Waals surface area contributed by atoms with Gasteiger partial charge in [-0.05, 0) is 43.2 Å². The van der Waals surface area contributed by atoms with Crippen LogP contribution in [0.2, 0.25) is 0 Å². The van der Waals surface area contributed by atoms with Crippen molar-refractivity contribution in [1.29, 1.82) is 0 Å². The van der Waals surface area contributed by atoms with Gasteiger partial charge in [0, 0.05) is 26.2 Å². The van der Waals surface area contributed by atoms with E-state index in [0.717, 1.165) is 48.6 Å². The number of hydrogen-bond donors (Lipinski definition) is 0. The van der Waals surface area contributed by atoms with Gasteiger partial charge in [0.2, 0.25) is 0 Å². The van der Waals surface area contributed by atoms with Gasteiger partial charge in [-0.2, -0.15) is 0 Å². The molecule has 4 rings (SSSR count). The number of carbonyl (C=O) groups excluding carboxylic acids is 1. The lowest BCUT2D eigenvalue weighted by Crippen LogP contribution is -2.43. The van der Waals surface area contributed by atoms with Crippen molar-refractivity contribution >= 4 is 32.6 Å². The van der Waals surface area contributed by atoms with Crippen LogP contribution in [0.4, 0.5) is 5.13 Å². The quantitative estimate of drug-likeness (QED) is 0.538. The Kier molecular flexibility index (Phi) is 6.93. The first-order chi connectivity index (χ1) is 15.5. The Morgan fingerprint density at radius 2 is 1.97 bits per heavy atom. The number of methoxy groups -OCH3 is 2. The summed E-state index contributed by atoms with van der Waals surface area (Å²) in [7, 11) is 3.12. The van der Waals surface area contributed by atoms with Crippen molar-refractivity contribution in [2.24, 2.45) is 0 Å². The van der Waals surface area contributed by atoms with E-state index in [1.807, 2.05) is 0 Å². The number of fused-ring (bicyclic) bond motifs is 1. The number of rotatable bonds is 7. The van der Waals surface area contributed by atoms with Gasteiger partial charge >= 0.3 is 0 Å². The van der Waals surface area contributed by atoms with Crippen molar-refractivity contribution in [3.05, 3.63) is 47.0 Å². The zero-order chi connectivity index (χ0) is 22.7. The molecule has 0 bridgehead atoms. The highest BCUT2D eigenvalue weighted by Gasteiger charge is 2.26. The number of para-hydroxylation sites is 1. The third kappa shape index (κ3) is 4.57. The number of aromatic nitrogens is 1. The lowest BCUT2D eigenvalue weighted by Gasteiger charge is -2.29. The average molecular weight is 456 g/mol. The van der Waals surface area contributed by atoms with Gasteiger partial charge in [0.05, 0.1) is 43.2 Å². The summed E-state index contributed by atoms with van der Waals surface area (Å²) in [4.78, 5) is 22.7. The van der Waals surface area contributed by atoms with Crippen LogP contribution in [0.3, 0.4) is 0 Å². The zero-order valence-electron chi connectivity index (χ0n) is 19.0. The minimum atomic E-state index is -0.151. The first-order valence-electron chi connectivity index (χ1n) is 10.7.